The second-order valence-electron chi connectivity index (χ2n) is 4.73. The minimum atomic E-state index is -0.953. The normalized spacial score (nSPS) is 11.7. The van der Waals surface area contributed by atoms with Gasteiger partial charge in [-0.05, 0) is 24.3 Å². The second-order valence-corrected chi connectivity index (χ2v) is 6.02. The van der Waals surface area contributed by atoms with Crippen molar-refractivity contribution in [2.75, 3.05) is 0 Å². The van der Waals surface area contributed by atoms with E-state index in [0.29, 0.717) is 15.7 Å². The van der Waals surface area contributed by atoms with Crippen LogP contribution in [0, 0.1) is 11.3 Å². The summed E-state index contributed by atoms with van der Waals surface area (Å²) in [6, 6.07) is 14.4. The van der Waals surface area contributed by atoms with Crippen molar-refractivity contribution in [3.63, 3.8) is 0 Å². The van der Waals surface area contributed by atoms with E-state index in [0.717, 1.165) is 5.56 Å². The first-order valence-corrected chi connectivity index (χ1v) is 8.01. The van der Waals surface area contributed by atoms with Gasteiger partial charge in [0.05, 0.1) is 11.8 Å². The maximum atomic E-state index is 12.5. The second kappa shape index (κ2) is 6.69. The van der Waals surface area contributed by atoms with Crippen LogP contribution < -0.4 is 0 Å². The van der Waals surface area contributed by atoms with E-state index in [1.165, 1.54) is 11.3 Å². The average Bonchev–Trinajstić information content (AvgIpc) is 3.06. The average molecular weight is 340 g/mol. The van der Waals surface area contributed by atoms with Crippen LogP contribution in [-0.4, -0.2) is 15.8 Å². The smallest absolute Gasteiger partial charge is 0.205 e. The van der Waals surface area contributed by atoms with E-state index >= 15 is 0 Å². The Bertz CT molecular complexity index is 886. The molecular weight excluding hydrogens is 330 g/mol. The van der Waals surface area contributed by atoms with Gasteiger partial charge in [-0.25, -0.2) is 4.98 Å². The Morgan fingerprint density at radius 3 is 2.83 bits per heavy atom. The van der Waals surface area contributed by atoms with Gasteiger partial charge in [-0.15, -0.1) is 11.3 Å². The van der Waals surface area contributed by atoms with Crippen LogP contribution in [0.15, 0.2) is 54.0 Å². The summed E-state index contributed by atoms with van der Waals surface area (Å²) in [5, 5.41) is 12.3. The van der Waals surface area contributed by atoms with Crippen LogP contribution in [0.3, 0.4) is 0 Å². The molecule has 0 aliphatic heterocycles. The molecule has 0 radical (unpaired) electrons. The Labute approximate surface area is 142 Å². The van der Waals surface area contributed by atoms with Crippen molar-refractivity contribution in [1.29, 1.82) is 5.26 Å². The summed E-state index contributed by atoms with van der Waals surface area (Å²) >= 11 is 7.32. The monoisotopic (exact) mass is 339 g/mol. The highest BCUT2D eigenvalue weighted by Gasteiger charge is 2.25. The summed E-state index contributed by atoms with van der Waals surface area (Å²) in [5.41, 5.74) is 1.53. The van der Waals surface area contributed by atoms with Crippen LogP contribution in [0.25, 0.3) is 10.6 Å². The third kappa shape index (κ3) is 3.29. The van der Waals surface area contributed by atoms with E-state index in [9.17, 15) is 10.1 Å². The number of hydrogen-bond acceptors (Lipinski definition) is 5. The number of nitrogens with zero attached hydrogens (tertiary/aromatic N) is 3. The quantitative estimate of drug-likeness (QED) is 0.663. The SMILES string of the molecule is N#CC(C(=O)c1csc(-c2cccc(Cl)c2)n1)c1ccccn1. The molecule has 2 heterocycles. The van der Waals surface area contributed by atoms with Crippen molar-refractivity contribution < 1.29 is 4.79 Å². The lowest BCUT2D eigenvalue weighted by molar-refractivity contribution is 0.0973. The number of carbonyl (C=O) groups excluding carboxylic acids is 1. The highest BCUT2D eigenvalue weighted by molar-refractivity contribution is 7.13. The molecule has 112 valence electrons. The van der Waals surface area contributed by atoms with Gasteiger partial charge in [0.15, 0.2) is 5.92 Å². The molecule has 4 nitrogen and oxygen atoms in total. The molecule has 0 spiro atoms. The molecule has 0 aliphatic rings. The van der Waals surface area contributed by atoms with E-state index in [4.69, 9.17) is 11.6 Å². The fraction of sp³-hybridized carbons (Fsp3) is 0.0588. The summed E-state index contributed by atoms with van der Waals surface area (Å²) in [4.78, 5) is 21.0. The zero-order valence-electron chi connectivity index (χ0n) is 11.8. The minimum absolute atomic E-state index is 0.266. The van der Waals surface area contributed by atoms with Crippen molar-refractivity contribution in [3.05, 3.63) is 70.5 Å². The number of nitriles is 1. The molecule has 0 N–H and O–H groups in total. The van der Waals surface area contributed by atoms with Gasteiger partial charge in [0, 0.05) is 22.2 Å². The molecule has 3 rings (SSSR count). The van der Waals surface area contributed by atoms with Gasteiger partial charge >= 0.3 is 0 Å². The molecule has 0 fully saturated rings. The summed E-state index contributed by atoms with van der Waals surface area (Å²) in [7, 11) is 0. The number of hydrogen-bond donors (Lipinski definition) is 0. The fourth-order valence-corrected chi connectivity index (χ4v) is 3.09. The Balaban J connectivity index is 1.91. The highest BCUT2D eigenvalue weighted by Crippen LogP contribution is 2.28. The zero-order chi connectivity index (χ0) is 16.2. The first-order chi connectivity index (χ1) is 11.2. The predicted molar refractivity (Wildman–Crippen MR) is 89.5 cm³/mol. The van der Waals surface area contributed by atoms with Crippen LogP contribution in [0.2, 0.25) is 5.02 Å². The summed E-state index contributed by atoms with van der Waals surface area (Å²) in [6.45, 7) is 0. The van der Waals surface area contributed by atoms with Crippen LogP contribution in [0.4, 0.5) is 0 Å². The van der Waals surface area contributed by atoms with Gasteiger partial charge in [0.25, 0.3) is 0 Å². The number of Topliss-reactive ketones (excluding diaryl/α,β-unsaturated/α-hetero) is 1. The van der Waals surface area contributed by atoms with E-state index in [2.05, 4.69) is 9.97 Å². The number of ketones is 1. The minimum Gasteiger partial charge on any atom is -0.290 e. The Morgan fingerprint density at radius 1 is 1.26 bits per heavy atom. The number of aromatic nitrogens is 2. The zero-order valence-corrected chi connectivity index (χ0v) is 13.4. The molecule has 0 aliphatic carbocycles. The molecule has 1 unspecified atom stereocenters. The van der Waals surface area contributed by atoms with Gasteiger partial charge in [-0.1, -0.05) is 29.8 Å². The van der Waals surface area contributed by atoms with Gasteiger partial charge in [0.2, 0.25) is 5.78 Å². The van der Waals surface area contributed by atoms with Crippen molar-refractivity contribution in [2.45, 2.75) is 5.92 Å². The van der Waals surface area contributed by atoms with Crippen molar-refractivity contribution in [3.8, 4) is 16.6 Å². The van der Waals surface area contributed by atoms with Crippen LogP contribution >= 0.6 is 22.9 Å². The first kappa shape index (κ1) is 15.3. The molecule has 2 aromatic heterocycles. The molecule has 6 heteroatoms. The van der Waals surface area contributed by atoms with Crippen LogP contribution in [0.1, 0.15) is 22.1 Å². The van der Waals surface area contributed by atoms with E-state index < -0.39 is 5.92 Å². The van der Waals surface area contributed by atoms with Gasteiger partial charge in [-0.2, -0.15) is 5.26 Å². The van der Waals surface area contributed by atoms with Crippen molar-refractivity contribution >= 4 is 28.7 Å². The molecule has 0 bridgehead atoms. The molecule has 1 aromatic carbocycles. The number of carbonyl (C=O) groups is 1. The van der Waals surface area contributed by atoms with Crippen LogP contribution in [0.5, 0.6) is 0 Å². The number of benzene rings is 1. The molecule has 3 aromatic rings. The molecular formula is C17H10ClN3OS. The third-order valence-corrected chi connectivity index (χ3v) is 4.33. The van der Waals surface area contributed by atoms with E-state index in [1.807, 2.05) is 18.2 Å². The fourth-order valence-electron chi connectivity index (χ4n) is 2.09. The van der Waals surface area contributed by atoms with Crippen molar-refractivity contribution in [2.24, 2.45) is 0 Å². The number of halogens is 1. The van der Waals surface area contributed by atoms with Crippen molar-refractivity contribution in [1.82, 2.24) is 9.97 Å². The lowest BCUT2D eigenvalue weighted by Gasteiger charge is -2.05. The topological polar surface area (TPSA) is 66.6 Å². The molecule has 0 saturated heterocycles. The summed E-state index contributed by atoms with van der Waals surface area (Å²) in [5.74, 6) is -1.30. The number of rotatable bonds is 4. The van der Waals surface area contributed by atoms with Crippen LogP contribution in [-0.2, 0) is 0 Å². The maximum Gasteiger partial charge on any atom is 0.205 e. The molecule has 0 saturated carbocycles. The molecule has 1 atom stereocenters. The van der Waals surface area contributed by atoms with Gasteiger partial charge in [0.1, 0.15) is 10.7 Å². The maximum absolute atomic E-state index is 12.5. The third-order valence-electron chi connectivity index (χ3n) is 3.20. The number of pyridine rings is 1. The lowest BCUT2D eigenvalue weighted by atomic mass is 9.99. The van der Waals surface area contributed by atoms with E-state index in [-0.39, 0.29) is 11.5 Å². The van der Waals surface area contributed by atoms with Gasteiger partial charge < -0.3 is 0 Å². The lowest BCUT2D eigenvalue weighted by Crippen LogP contribution is -2.12. The molecule has 23 heavy (non-hydrogen) atoms. The highest BCUT2D eigenvalue weighted by atomic mass is 35.5. The Kier molecular flexibility index (Phi) is 4.47. The van der Waals surface area contributed by atoms with E-state index in [1.54, 1.807) is 41.9 Å². The summed E-state index contributed by atoms with van der Waals surface area (Å²) < 4.78 is 0. The summed E-state index contributed by atoms with van der Waals surface area (Å²) in [6.07, 6.45) is 1.56. The number of thiazole rings is 1. The molecule has 0 amide bonds. The Morgan fingerprint density at radius 2 is 2.13 bits per heavy atom. The Hall–Kier alpha value is -2.55. The largest absolute Gasteiger partial charge is 0.290 e. The van der Waals surface area contributed by atoms with Gasteiger partial charge in [-0.3, -0.25) is 9.78 Å². The standard InChI is InChI=1S/C17H10ClN3OS/c18-12-5-3-4-11(8-12)17-21-15(10-23-17)16(22)13(9-19)14-6-1-2-7-20-14/h1-8,10,13H. The predicted octanol–water partition coefficient (Wildman–Crippen LogP) is 4.35. The first-order valence-electron chi connectivity index (χ1n) is 6.75.